The zero-order valence-corrected chi connectivity index (χ0v) is 46.5. The van der Waals surface area contributed by atoms with E-state index in [0.717, 1.165) is 155 Å². The highest BCUT2D eigenvalue weighted by atomic mass is 16.3. The van der Waals surface area contributed by atoms with Gasteiger partial charge in [-0.05, 0) is 155 Å². The summed E-state index contributed by atoms with van der Waals surface area (Å²) in [5.74, 6) is 0. The van der Waals surface area contributed by atoms with Crippen LogP contribution < -0.4 is 0 Å². The molecule has 6 heterocycles. The molecule has 0 saturated heterocycles. The van der Waals surface area contributed by atoms with Crippen molar-refractivity contribution in [2.24, 2.45) is 0 Å². The summed E-state index contributed by atoms with van der Waals surface area (Å²) in [4.78, 5) is 27.1. The number of fused-ring (bicyclic) bond motifs is 9. The number of para-hydroxylation sites is 1. The second kappa shape index (κ2) is 21.5. The molecule has 85 heavy (non-hydrogen) atoms. The predicted molar refractivity (Wildman–Crippen MR) is 348 cm³/mol. The van der Waals surface area contributed by atoms with Gasteiger partial charge in [0.15, 0.2) is 0 Å². The molecule has 10 aromatic carbocycles. The highest BCUT2D eigenvalue weighted by Crippen LogP contribution is 2.43. The van der Waals surface area contributed by atoms with Crippen LogP contribution >= 0.6 is 0 Å². The number of allylic oxidation sites excluding steroid dienone is 2. The Labute approximate surface area is 490 Å². The smallest absolute Gasteiger partial charge is 0.135 e. The SMILES string of the molecule is C/C=C\C.c1ccc(-n2c3ccc(-c4ccc5oc6ccc(-n7c8ccc(-c9cccc(-c%10cnccn%10)c9)cc8c8cc(-c9ccccc9-c9cnccn9)ccc87)cc6c5c4)cc3c3cc(-c4ccccc4-c4cnccn4)ccc32)cc1. The minimum atomic E-state index is 0.826. The van der Waals surface area contributed by atoms with E-state index in [9.17, 15) is 0 Å². The van der Waals surface area contributed by atoms with Crippen molar-refractivity contribution < 1.29 is 4.42 Å². The number of rotatable bonds is 9. The Morgan fingerprint density at radius 1 is 0.294 bits per heavy atom. The fourth-order valence-electron chi connectivity index (χ4n) is 12.1. The third kappa shape index (κ3) is 9.08. The number of nitrogens with zero attached hydrogens (tertiary/aromatic N) is 8. The highest BCUT2D eigenvalue weighted by Gasteiger charge is 2.21. The minimum Gasteiger partial charge on any atom is -0.456 e. The molecule has 16 rings (SSSR count). The van der Waals surface area contributed by atoms with Gasteiger partial charge in [-0.25, -0.2) is 0 Å². The number of furan rings is 1. The van der Waals surface area contributed by atoms with Crippen molar-refractivity contribution in [2.75, 3.05) is 0 Å². The summed E-state index contributed by atoms with van der Waals surface area (Å²) < 4.78 is 11.4. The molecule has 0 unspecified atom stereocenters. The number of benzene rings is 10. The quantitative estimate of drug-likeness (QED) is 0.133. The van der Waals surface area contributed by atoms with Crippen LogP contribution in [0.1, 0.15) is 13.8 Å². The summed E-state index contributed by atoms with van der Waals surface area (Å²) in [6, 6.07) is 76.5. The molecule has 6 aromatic heterocycles. The van der Waals surface area contributed by atoms with Gasteiger partial charge in [0.25, 0.3) is 0 Å². The van der Waals surface area contributed by atoms with Crippen LogP contribution in [0.25, 0.3) is 155 Å². The second-order valence-corrected chi connectivity index (χ2v) is 21.0. The first-order chi connectivity index (χ1) is 42.1. The van der Waals surface area contributed by atoms with E-state index in [4.69, 9.17) is 9.40 Å². The molecule has 0 atom stereocenters. The maximum Gasteiger partial charge on any atom is 0.135 e. The largest absolute Gasteiger partial charge is 0.456 e. The molecule has 0 radical (unpaired) electrons. The van der Waals surface area contributed by atoms with Crippen LogP contribution in [-0.2, 0) is 0 Å². The standard InChI is InChI=1S/C72H44N8O.C4H8/c1-2-11-52(12-3-1)79-67-23-18-47(37-58(67)60-39-49(19-25-68(60)79)54-13-4-6-15-56(54)65-43-74-30-33-77-65)48-21-27-71-62(38-48)63-41-53(22-28-72(63)81-71)80-69-24-17-46(45-9-8-10-51(35-45)64-42-73-29-32-76-64)36-59(69)61-40-50(20-26-70(61)80)55-14-5-7-16-57(55)66-44-75-31-34-78-66;1-3-4-2/h1-44H;3-4H,1-2H3/b;4-3-. The van der Waals surface area contributed by atoms with Crippen LogP contribution in [0.4, 0.5) is 0 Å². The lowest BCUT2D eigenvalue weighted by Crippen LogP contribution is -1.94. The molecule has 9 heteroatoms. The third-order valence-corrected chi connectivity index (χ3v) is 16.1. The van der Waals surface area contributed by atoms with Gasteiger partial charge in [-0.15, -0.1) is 0 Å². The van der Waals surface area contributed by atoms with E-state index < -0.39 is 0 Å². The van der Waals surface area contributed by atoms with E-state index in [1.54, 1.807) is 37.2 Å². The lowest BCUT2D eigenvalue weighted by molar-refractivity contribution is 0.669. The normalized spacial score (nSPS) is 11.6. The maximum atomic E-state index is 6.65. The summed E-state index contributed by atoms with van der Waals surface area (Å²) in [6.45, 7) is 4.00. The maximum absolute atomic E-state index is 6.65. The van der Waals surface area contributed by atoms with E-state index in [1.165, 1.54) is 0 Å². The third-order valence-electron chi connectivity index (χ3n) is 16.1. The first kappa shape index (κ1) is 50.5. The van der Waals surface area contributed by atoms with Gasteiger partial charge in [-0.1, -0.05) is 127 Å². The van der Waals surface area contributed by atoms with Gasteiger partial charge in [0, 0.05) is 97.6 Å². The fourth-order valence-corrected chi connectivity index (χ4v) is 12.1. The molecular formula is C76H52N8O. The molecule has 0 aliphatic heterocycles. The summed E-state index contributed by atoms with van der Waals surface area (Å²) in [6.07, 6.45) is 19.8. The molecule has 0 aliphatic carbocycles. The lowest BCUT2D eigenvalue weighted by atomic mass is 9.96. The first-order valence-electron chi connectivity index (χ1n) is 28.4. The van der Waals surface area contributed by atoms with Gasteiger partial charge in [0.1, 0.15) is 11.2 Å². The second-order valence-electron chi connectivity index (χ2n) is 21.0. The van der Waals surface area contributed by atoms with E-state index in [2.05, 4.69) is 246 Å². The molecule has 0 saturated carbocycles. The molecule has 0 aliphatic rings. The summed E-state index contributed by atoms with van der Waals surface area (Å²) in [5, 5.41) is 6.69. The molecule has 0 N–H and O–H groups in total. The molecule has 0 amide bonds. The molecule has 9 nitrogen and oxygen atoms in total. The Morgan fingerprint density at radius 2 is 0.694 bits per heavy atom. The van der Waals surface area contributed by atoms with Crippen LogP contribution in [0, 0.1) is 0 Å². The van der Waals surface area contributed by atoms with Gasteiger partial charge >= 0.3 is 0 Å². The van der Waals surface area contributed by atoms with Crippen molar-refractivity contribution >= 4 is 65.6 Å². The van der Waals surface area contributed by atoms with Gasteiger partial charge in [-0.2, -0.15) is 0 Å². The summed E-state index contributed by atoms with van der Waals surface area (Å²) in [7, 11) is 0. The first-order valence-corrected chi connectivity index (χ1v) is 28.4. The zero-order chi connectivity index (χ0) is 56.8. The topological polar surface area (TPSA) is 100 Å². The van der Waals surface area contributed by atoms with Crippen LogP contribution in [0.2, 0.25) is 0 Å². The Bertz CT molecular complexity index is 5200. The zero-order valence-electron chi connectivity index (χ0n) is 46.5. The Balaban J connectivity index is 0.00000149. The van der Waals surface area contributed by atoms with E-state index in [0.29, 0.717) is 0 Å². The van der Waals surface area contributed by atoms with Crippen LogP contribution in [0.15, 0.2) is 285 Å². The van der Waals surface area contributed by atoms with Gasteiger partial charge < -0.3 is 13.6 Å². The number of aromatic nitrogens is 8. The van der Waals surface area contributed by atoms with Gasteiger partial charge in [-0.3, -0.25) is 29.9 Å². The van der Waals surface area contributed by atoms with Crippen molar-refractivity contribution in [3.8, 4) is 89.7 Å². The van der Waals surface area contributed by atoms with Crippen LogP contribution in [0.5, 0.6) is 0 Å². The van der Waals surface area contributed by atoms with E-state index >= 15 is 0 Å². The van der Waals surface area contributed by atoms with E-state index in [-0.39, 0.29) is 0 Å². The fraction of sp³-hybridized carbons (Fsp3) is 0.0263. The Kier molecular flexibility index (Phi) is 12.8. The molecular weight excluding hydrogens is 1040 g/mol. The molecule has 0 bridgehead atoms. The van der Waals surface area contributed by atoms with Crippen LogP contribution in [-0.4, -0.2) is 39.0 Å². The van der Waals surface area contributed by atoms with Gasteiger partial charge in [0.05, 0.1) is 57.7 Å². The van der Waals surface area contributed by atoms with Crippen molar-refractivity contribution in [2.45, 2.75) is 13.8 Å². The number of hydrogen-bond donors (Lipinski definition) is 0. The van der Waals surface area contributed by atoms with Crippen molar-refractivity contribution in [3.05, 3.63) is 280 Å². The molecule has 16 aromatic rings. The summed E-state index contributed by atoms with van der Waals surface area (Å²) >= 11 is 0. The van der Waals surface area contributed by atoms with Gasteiger partial charge in [0.2, 0.25) is 0 Å². The lowest BCUT2D eigenvalue weighted by Gasteiger charge is -2.11. The van der Waals surface area contributed by atoms with Crippen LogP contribution in [0.3, 0.4) is 0 Å². The Hall–Kier alpha value is -11.4. The molecule has 0 spiro atoms. The van der Waals surface area contributed by atoms with Crippen molar-refractivity contribution in [3.63, 3.8) is 0 Å². The van der Waals surface area contributed by atoms with Crippen molar-refractivity contribution in [1.82, 2.24) is 39.0 Å². The minimum absolute atomic E-state index is 0.826. The average Bonchev–Trinajstić information content (AvgIpc) is 1.78. The number of hydrogen-bond acceptors (Lipinski definition) is 7. The van der Waals surface area contributed by atoms with Crippen molar-refractivity contribution in [1.29, 1.82) is 0 Å². The molecule has 0 fully saturated rings. The monoisotopic (exact) mass is 1090 g/mol. The molecule has 402 valence electrons. The van der Waals surface area contributed by atoms with E-state index in [1.807, 2.05) is 44.6 Å². The predicted octanol–water partition coefficient (Wildman–Crippen LogP) is 19.4. The average molecular weight is 1090 g/mol. The Morgan fingerprint density at radius 3 is 1.20 bits per heavy atom. The summed E-state index contributed by atoms with van der Waals surface area (Å²) in [5.41, 5.74) is 22.6. The highest BCUT2D eigenvalue weighted by molar-refractivity contribution is 6.15.